The van der Waals surface area contributed by atoms with Gasteiger partial charge in [-0.15, -0.1) is 0 Å². The second-order valence-corrected chi connectivity index (χ2v) is 11.0. The van der Waals surface area contributed by atoms with Gasteiger partial charge in [-0.25, -0.2) is 4.48 Å². The van der Waals surface area contributed by atoms with Crippen molar-refractivity contribution in [2.45, 2.75) is 45.2 Å². The number of anilines is 1. The topological polar surface area (TPSA) is 89.5 Å². The van der Waals surface area contributed by atoms with E-state index in [-0.39, 0.29) is 23.9 Å². The van der Waals surface area contributed by atoms with Gasteiger partial charge in [-0.1, -0.05) is 0 Å². The molecule has 4 aliphatic heterocycles. The number of carbonyl (C=O) groups is 2. The number of methoxy groups -OCH3 is 1. The number of likely N-dealkylation sites (N-methyl/N-ethyl adjacent to an activating group) is 1. The minimum Gasteiger partial charge on any atom is -0.495 e. The highest BCUT2D eigenvalue weighted by atomic mass is 16.5. The SMILES string of the molecule is COc1cc(C(=O)NC2CCN(C)CC2)ccc1NC1=NC2=C(C[N+]13CC3)N(C)C(=O)CCN2C(C)C. The highest BCUT2D eigenvalue weighted by Crippen LogP contribution is 2.37. The van der Waals surface area contributed by atoms with Crippen LogP contribution in [-0.2, 0) is 4.79 Å². The average molecular weight is 511 g/mol. The maximum absolute atomic E-state index is 13.0. The Labute approximate surface area is 219 Å². The number of hydrogen-bond donors (Lipinski definition) is 2. The van der Waals surface area contributed by atoms with Crippen LogP contribution in [0.2, 0.25) is 0 Å². The summed E-state index contributed by atoms with van der Waals surface area (Å²) in [7, 11) is 5.60. The molecule has 2 fully saturated rings. The molecule has 2 saturated heterocycles. The summed E-state index contributed by atoms with van der Waals surface area (Å²) in [5.41, 5.74) is 2.36. The molecule has 1 spiro atoms. The number of piperidine rings is 1. The Kier molecular flexibility index (Phi) is 6.89. The fourth-order valence-electron chi connectivity index (χ4n) is 5.45. The molecule has 5 rings (SSSR count). The first-order chi connectivity index (χ1) is 17.7. The van der Waals surface area contributed by atoms with Gasteiger partial charge < -0.3 is 24.8 Å². The Morgan fingerprint density at radius 2 is 1.89 bits per heavy atom. The Morgan fingerprint density at radius 3 is 2.54 bits per heavy atom. The van der Waals surface area contributed by atoms with E-state index in [0.717, 1.165) is 68.7 Å². The number of likely N-dealkylation sites (tertiary alicyclic amines) is 1. The highest BCUT2D eigenvalue weighted by Gasteiger charge is 2.53. The van der Waals surface area contributed by atoms with Crippen LogP contribution in [0.15, 0.2) is 34.7 Å². The molecule has 37 heavy (non-hydrogen) atoms. The predicted octanol–water partition coefficient (Wildman–Crippen LogP) is 1.87. The number of benzene rings is 1. The molecule has 0 saturated carbocycles. The van der Waals surface area contributed by atoms with Crippen molar-refractivity contribution in [3.8, 4) is 5.75 Å². The van der Waals surface area contributed by atoms with Crippen molar-refractivity contribution in [3.05, 3.63) is 35.3 Å². The zero-order chi connectivity index (χ0) is 26.3. The fraction of sp³-hybridized carbons (Fsp3) is 0.593. The average Bonchev–Trinajstić information content (AvgIpc) is 3.67. The van der Waals surface area contributed by atoms with Crippen molar-refractivity contribution < 1.29 is 18.8 Å². The third-order valence-electron chi connectivity index (χ3n) is 8.14. The van der Waals surface area contributed by atoms with E-state index in [1.165, 1.54) is 0 Å². The summed E-state index contributed by atoms with van der Waals surface area (Å²) >= 11 is 0. The summed E-state index contributed by atoms with van der Waals surface area (Å²) in [6.07, 6.45) is 2.41. The van der Waals surface area contributed by atoms with Crippen molar-refractivity contribution in [1.29, 1.82) is 0 Å². The summed E-state index contributed by atoms with van der Waals surface area (Å²) in [4.78, 5) is 37.1. The number of rotatable bonds is 5. The molecule has 0 atom stereocenters. The summed E-state index contributed by atoms with van der Waals surface area (Å²) in [5, 5.41) is 6.72. The van der Waals surface area contributed by atoms with Gasteiger partial charge in [-0.05, 0) is 65.0 Å². The first kappa shape index (κ1) is 25.5. The number of amides is 2. The Morgan fingerprint density at radius 1 is 1.16 bits per heavy atom. The van der Waals surface area contributed by atoms with E-state index in [0.29, 0.717) is 28.8 Å². The number of guanidine groups is 1. The zero-order valence-corrected chi connectivity index (χ0v) is 22.7. The molecule has 10 heteroatoms. The van der Waals surface area contributed by atoms with E-state index in [2.05, 4.69) is 41.3 Å². The Balaban J connectivity index is 1.39. The van der Waals surface area contributed by atoms with Crippen LogP contribution in [0.4, 0.5) is 5.69 Å². The van der Waals surface area contributed by atoms with Crippen molar-refractivity contribution >= 4 is 23.5 Å². The number of aliphatic imine (C=N–C) groups is 1. The monoisotopic (exact) mass is 510 g/mol. The second kappa shape index (κ2) is 9.98. The molecule has 10 nitrogen and oxygen atoms in total. The lowest BCUT2D eigenvalue weighted by atomic mass is 10.0. The third kappa shape index (κ3) is 5.04. The molecule has 0 bridgehead atoms. The number of carbonyl (C=O) groups excluding carboxylic acids is 2. The van der Waals surface area contributed by atoms with E-state index in [1.54, 1.807) is 18.1 Å². The van der Waals surface area contributed by atoms with E-state index >= 15 is 0 Å². The van der Waals surface area contributed by atoms with Gasteiger partial charge in [0.1, 0.15) is 31.1 Å². The maximum atomic E-state index is 13.0. The van der Waals surface area contributed by atoms with Gasteiger partial charge >= 0.3 is 5.96 Å². The van der Waals surface area contributed by atoms with Crippen LogP contribution in [0.3, 0.4) is 0 Å². The van der Waals surface area contributed by atoms with Crippen LogP contribution in [0.5, 0.6) is 5.75 Å². The first-order valence-electron chi connectivity index (χ1n) is 13.4. The predicted molar refractivity (Wildman–Crippen MR) is 143 cm³/mol. The van der Waals surface area contributed by atoms with Crippen LogP contribution < -0.4 is 15.4 Å². The van der Waals surface area contributed by atoms with E-state index < -0.39 is 0 Å². The molecule has 0 aromatic heterocycles. The van der Waals surface area contributed by atoms with Gasteiger partial charge in [0.2, 0.25) is 5.91 Å². The van der Waals surface area contributed by atoms with Crippen molar-refractivity contribution in [2.24, 2.45) is 4.99 Å². The lowest BCUT2D eigenvalue weighted by molar-refractivity contribution is -0.696. The third-order valence-corrected chi connectivity index (χ3v) is 8.14. The van der Waals surface area contributed by atoms with E-state index in [1.807, 2.05) is 19.2 Å². The van der Waals surface area contributed by atoms with Gasteiger partial charge in [-0.3, -0.25) is 14.9 Å². The van der Waals surface area contributed by atoms with Gasteiger partial charge in [0.05, 0.1) is 12.8 Å². The van der Waals surface area contributed by atoms with E-state index in [9.17, 15) is 9.59 Å². The van der Waals surface area contributed by atoms with Crippen LogP contribution in [0.25, 0.3) is 0 Å². The lowest BCUT2D eigenvalue weighted by Gasteiger charge is -2.34. The molecule has 1 aromatic carbocycles. The number of hydrogen-bond acceptors (Lipinski definition) is 7. The van der Waals surface area contributed by atoms with Crippen molar-refractivity contribution in [2.75, 3.05) is 65.8 Å². The van der Waals surface area contributed by atoms with Gasteiger partial charge in [0, 0.05) is 37.7 Å². The Bertz CT molecular complexity index is 1130. The minimum absolute atomic E-state index is 0.0719. The second-order valence-electron chi connectivity index (χ2n) is 11.0. The fourth-order valence-corrected chi connectivity index (χ4v) is 5.45. The minimum atomic E-state index is -0.0719. The van der Waals surface area contributed by atoms with Crippen molar-refractivity contribution in [1.82, 2.24) is 20.0 Å². The van der Waals surface area contributed by atoms with Crippen LogP contribution in [0.1, 0.15) is 43.5 Å². The smallest absolute Gasteiger partial charge is 0.309 e. The molecule has 0 unspecified atom stereocenters. The summed E-state index contributed by atoms with van der Waals surface area (Å²) < 4.78 is 6.39. The molecule has 4 aliphatic rings. The summed E-state index contributed by atoms with van der Waals surface area (Å²) in [6, 6.07) is 5.97. The molecular formula is C27H40N7O3+. The van der Waals surface area contributed by atoms with Crippen LogP contribution in [0, 0.1) is 0 Å². The van der Waals surface area contributed by atoms with E-state index in [4.69, 9.17) is 9.73 Å². The first-order valence-corrected chi connectivity index (χ1v) is 13.4. The molecular weight excluding hydrogens is 470 g/mol. The maximum Gasteiger partial charge on any atom is 0.309 e. The standard InChI is InChI=1S/C27H39N7O3/c1-18(2)33-13-10-24(35)32(4)22-17-34(14-15-34)27(30-25(22)33)29-21-7-6-19(16-23(21)37-5)26(36)28-20-8-11-31(3)12-9-20/h6-7,16,18,20H,8-15,17H2,1-5H3,(H-,28,29,30,36)/p+1. The molecule has 4 heterocycles. The lowest BCUT2D eigenvalue weighted by Crippen LogP contribution is -2.47. The quantitative estimate of drug-likeness (QED) is 0.465. The number of nitrogens with zero attached hydrogens (tertiary/aromatic N) is 5. The van der Waals surface area contributed by atoms with Crippen LogP contribution >= 0.6 is 0 Å². The summed E-state index contributed by atoms with van der Waals surface area (Å²) in [5.74, 6) is 2.39. The zero-order valence-electron chi connectivity index (χ0n) is 22.7. The molecule has 1 aromatic rings. The molecule has 0 aliphatic carbocycles. The number of ether oxygens (including phenoxy) is 1. The Hall–Kier alpha value is -3.11. The summed E-state index contributed by atoms with van der Waals surface area (Å²) in [6.45, 7) is 9.57. The normalized spacial score (nSPS) is 22.1. The molecule has 0 radical (unpaired) electrons. The molecule has 200 valence electrons. The van der Waals surface area contributed by atoms with Gasteiger partial charge in [0.25, 0.3) is 5.91 Å². The highest BCUT2D eigenvalue weighted by molar-refractivity contribution is 5.97. The van der Waals surface area contributed by atoms with Crippen LogP contribution in [-0.4, -0.2) is 110 Å². The molecule has 2 amide bonds. The van der Waals surface area contributed by atoms with Crippen molar-refractivity contribution in [3.63, 3.8) is 0 Å². The number of nitrogens with one attached hydrogen (secondary N) is 2. The van der Waals surface area contributed by atoms with Gasteiger partial charge in [-0.2, -0.15) is 4.99 Å². The molecule has 2 N–H and O–H groups in total. The number of quaternary nitrogens is 1. The van der Waals surface area contributed by atoms with Gasteiger partial charge in [0.15, 0.2) is 5.82 Å². The largest absolute Gasteiger partial charge is 0.495 e.